The van der Waals surface area contributed by atoms with Crippen molar-refractivity contribution in [3.63, 3.8) is 0 Å². The molecule has 0 aromatic carbocycles. The predicted molar refractivity (Wildman–Crippen MR) is 54.7 cm³/mol. The average molecular weight is 198 g/mol. The summed E-state index contributed by atoms with van der Waals surface area (Å²) < 4.78 is 4.51. The Morgan fingerprint density at radius 3 is 2.36 bits per heavy atom. The number of hydrogen-bond donors (Lipinski definition) is 0. The van der Waals surface area contributed by atoms with Crippen LogP contribution >= 0.6 is 0 Å². The minimum Gasteiger partial charge on any atom is -0.390 e. The van der Waals surface area contributed by atoms with E-state index in [1.165, 1.54) is 6.92 Å². The molecule has 14 heavy (non-hydrogen) atoms. The van der Waals surface area contributed by atoms with Crippen molar-refractivity contribution in [2.45, 2.75) is 46.0 Å². The van der Waals surface area contributed by atoms with E-state index in [1.807, 2.05) is 0 Å². The summed E-state index contributed by atoms with van der Waals surface area (Å²) in [5.74, 6) is -1.07. The Morgan fingerprint density at radius 1 is 1.21 bits per heavy atom. The molecule has 0 fully saturated rings. The largest absolute Gasteiger partial charge is 0.390 e. The van der Waals surface area contributed by atoms with Crippen molar-refractivity contribution in [2.24, 2.45) is 0 Å². The van der Waals surface area contributed by atoms with E-state index in [1.54, 1.807) is 0 Å². The third-order valence-electron chi connectivity index (χ3n) is 1.79. The minimum atomic E-state index is -0.620. The number of hydrogen-bond acceptors (Lipinski definition) is 3. The van der Waals surface area contributed by atoms with Gasteiger partial charge in [0.1, 0.15) is 0 Å². The molecule has 0 atom stereocenters. The molecule has 80 valence electrons. The molecule has 0 radical (unpaired) electrons. The lowest BCUT2D eigenvalue weighted by Crippen LogP contribution is -2.12. The van der Waals surface area contributed by atoms with E-state index in [2.05, 4.69) is 18.2 Å². The smallest absolute Gasteiger partial charge is 0.340 e. The fraction of sp³-hybridized carbons (Fsp3) is 0.636. The molecule has 3 heteroatoms. The molecule has 0 aliphatic rings. The highest BCUT2D eigenvalue weighted by Gasteiger charge is 2.09. The molecule has 0 N–H and O–H groups in total. The molecule has 0 spiro atoms. The van der Waals surface area contributed by atoms with Gasteiger partial charge in [-0.1, -0.05) is 32.8 Å². The fourth-order valence-electron chi connectivity index (χ4n) is 0.938. The second-order valence-corrected chi connectivity index (χ2v) is 3.35. The first-order chi connectivity index (χ1) is 6.57. The number of carbonyl (C=O) groups is 2. The van der Waals surface area contributed by atoms with Crippen LogP contribution in [0.25, 0.3) is 0 Å². The molecule has 0 aliphatic carbocycles. The molecule has 0 heterocycles. The Hall–Kier alpha value is -1.12. The summed E-state index contributed by atoms with van der Waals surface area (Å²) in [5.41, 5.74) is 0.256. The number of unbranched alkanes of at least 4 members (excludes halogenated alkanes) is 3. The maximum atomic E-state index is 11.0. The first-order valence-electron chi connectivity index (χ1n) is 4.98. The Bertz CT molecular complexity index is 219. The maximum absolute atomic E-state index is 11.0. The van der Waals surface area contributed by atoms with Crippen LogP contribution in [0.4, 0.5) is 0 Å². The van der Waals surface area contributed by atoms with Crippen molar-refractivity contribution in [2.75, 3.05) is 0 Å². The van der Waals surface area contributed by atoms with E-state index in [4.69, 9.17) is 0 Å². The second kappa shape index (κ2) is 7.30. The summed E-state index contributed by atoms with van der Waals surface area (Å²) in [4.78, 5) is 21.9. The Kier molecular flexibility index (Phi) is 6.72. The van der Waals surface area contributed by atoms with Crippen LogP contribution in [0.3, 0.4) is 0 Å². The number of esters is 2. The molecule has 3 nitrogen and oxygen atoms in total. The molecule has 0 bridgehead atoms. The SMILES string of the molecule is C=C(C)C(=O)OC(=O)CCCCCC. The minimum absolute atomic E-state index is 0.256. The molecule has 0 aromatic rings. The van der Waals surface area contributed by atoms with Gasteiger partial charge in [0, 0.05) is 12.0 Å². The van der Waals surface area contributed by atoms with Gasteiger partial charge in [-0.2, -0.15) is 0 Å². The highest BCUT2D eigenvalue weighted by molar-refractivity contribution is 5.95. The Labute approximate surface area is 85.1 Å². The average Bonchev–Trinajstić information content (AvgIpc) is 2.12. The van der Waals surface area contributed by atoms with Gasteiger partial charge in [-0.25, -0.2) is 4.79 Å². The van der Waals surface area contributed by atoms with Gasteiger partial charge in [0.2, 0.25) is 0 Å². The quantitative estimate of drug-likeness (QED) is 0.285. The van der Waals surface area contributed by atoms with E-state index >= 15 is 0 Å². The van der Waals surface area contributed by atoms with Crippen molar-refractivity contribution in [1.82, 2.24) is 0 Å². The number of rotatable bonds is 6. The van der Waals surface area contributed by atoms with Gasteiger partial charge >= 0.3 is 11.9 Å². The first-order valence-corrected chi connectivity index (χ1v) is 4.98. The summed E-state index contributed by atoms with van der Waals surface area (Å²) in [5, 5.41) is 0. The fourth-order valence-corrected chi connectivity index (χ4v) is 0.938. The van der Waals surface area contributed by atoms with Crippen LogP contribution in [-0.4, -0.2) is 11.9 Å². The Morgan fingerprint density at radius 2 is 1.86 bits per heavy atom. The maximum Gasteiger partial charge on any atom is 0.340 e. The summed E-state index contributed by atoms with van der Waals surface area (Å²) in [6.07, 6.45) is 4.35. The number of ether oxygens (including phenoxy) is 1. The molecular weight excluding hydrogens is 180 g/mol. The Balaban J connectivity index is 3.56. The molecule has 0 saturated carbocycles. The standard InChI is InChI=1S/C11H18O3/c1-4-5-6-7-8-10(12)14-11(13)9(2)3/h2,4-8H2,1,3H3. The van der Waals surface area contributed by atoms with E-state index in [9.17, 15) is 9.59 Å². The van der Waals surface area contributed by atoms with Crippen LogP contribution in [0.1, 0.15) is 46.0 Å². The van der Waals surface area contributed by atoms with Crippen LogP contribution in [0, 0.1) is 0 Å². The third-order valence-corrected chi connectivity index (χ3v) is 1.79. The summed E-state index contributed by atoms with van der Waals surface area (Å²) >= 11 is 0. The second-order valence-electron chi connectivity index (χ2n) is 3.35. The molecule has 0 rings (SSSR count). The van der Waals surface area contributed by atoms with Crippen molar-refractivity contribution in [3.8, 4) is 0 Å². The van der Waals surface area contributed by atoms with Gasteiger partial charge in [0.05, 0.1) is 0 Å². The molecule has 0 aliphatic heterocycles. The molecule has 0 saturated heterocycles. The van der Waals surface area contributed by atoms with Crippen LogP contribution in [0.15, 0.2) is 12.2 Å². The van der Waals surface area contributed by atoms with Crippen LogP contribution in [-0.2, 0) is 14.3 Å². The molecule has 0 amide bonds. The van der Waals surface area contributed by atoms with E-state index in [0.717, 1.165) is 25.7 Å². The zero-order valence-corrected chi connectivity index (χ0v) is 8.97. The first kappa shape index (κ1) is 12.9. The monoisotopic (exact) mass is 198 g/mol. The zero-order chi connectivity index (χ0) is 11.0. The topological polar surface area (TPSA) is 43.4 Å². The van der Waals surface area contributed by atoms with Gasteiger partial charge < -0.3 is 4.74 Å². The van der Waals surface area contributed by atoms with Gasteiger partial charge in [-0.05, 0) is 13.3 Å². The van der Waals surface area contributed by atoms with Gasteiger partial charge in [-0.15, -0.1) is 0 Å². The van der Waals surface area contributed by atoms with Crippen molar-refractivity contribution < 1.29 is 14.3 Å². The lowest BCUT2D eigenvalue weighted by atomic mass is 10.1. The lowest BCUT2D eigenvalue weighted by molar-refractivity contribution is -0.156. The summed E-state index contributed by atoms with van der Waals surface area (Å²) in [6.45, 7) is 7.01. The summed E-state index contributed by atoms with van der Waals surface area (Å²) in [7, 11) is 0. The van der Waals surface area contributed by atoms with E-state index in [0.29, 0.717) is 6.42 Å². The van der Waals surface area contributed by atoms with E-state index in [-0.39, 0.29) is 5.57 Å². The van der Waals surface area contributed by atoms with Crippen molar-refractivity contribution in [3.05, 3.63) is 12.2 Å². The van der Waals surface area contributed by atoms with Crippen LogP contribution in [0.2, 0.25) is 0 Å². The third kappa shape index (κ3) is 6.40. The van der Waals surface area contributed by atoms with Crippen LogP contribution < -0.4 is 0 Å². The highest BCUT2D eigenvalue weighted by Crippen LogP contribution is 2.04. The number of carbonyl (C=O) groups excluding carboxylic acids is 2. The van der Waals surface area contributed by atoms with E-state index < -0.39 is 11.9 Å². The summed E-state index contributed by atoms with van der Waals surface area (Å²) in [6, 6.07) is 0. The molecule has 0 unspecified atom stereocenters. The van der Waals surface area contributed by atoms with Crippen molar-refractivity contribution >= 4 is 11.9 Å². The predicted octanol–water partition coefficient (Wildman–Crippen LogP) is 2.60. The molecular formula is C11H18O3. The normalized spacial score (nSPS) is 9.57. The van der Waals surface area contributed by atoms with Crippen molar-refractivity contribution in [1.29, 1.82) is 0 Å². The van der Waals surface area contributed by atoms with Gasteiger partial charge in [0.25, 0.3) is 0 Å². The highest BCUT2D eigenvalue weighted by atomic mass is 16.6. The van der Waals surface area contributed by atoms with Crippen LogP contribution in [0.5, 0.6) is 0 Å². The molecule has 0 aromatic heterocycles. The van der Waals surface area contributed by atoms with Gasteiger partial charge in [-0.3, -0.25) is 4.79 Å². The zero-order valence-electron chi connectivity index (χ0n) is 8.97. The van der Waals surface area contributed by atoms with Gasteiger partial charge in [0.15, 0.2) is 0 Å². The lowest BCUT2D eigenvalue weighted by Gasteiger charge is -2.01.